The van der Waals surface area contributed by atoms with Crippen LogP contribution < -0.4 is 5.32 Å². The smallest absolute Gasteiger partial charge is 0.411 e. The standard InChI is InChI=1S/C18H18N2O5S2/c1-24-18(21)19-15-4-6-17(7-5-15)27(22,23)20(11-14-8-10-26-13-14)12-16-3-2-9-25-16/h2-10,13H,11-12H2,1H3,(H,19,21). The number of sulfonamides is 1. The summed E-state index contributed by atoms with van der Waals surface area (Å²) in [7, 11) is -2.51. The van der Waals surface area contributed by atoms with E-state index in [1.807, 2.05) is 16.8 Å². The van der Waals surface area contributed by atoms with Crippen LogP contribution in [0.1, 0.15) is 11.3 Å². The molecule has 9 heteroatoms. The van der Waals surface area contributed by atoms with Crippen LogP contribution in [0.2, 0.25) is 0 Å². The first-order valence-electron chi connectivity index (χ1n) is 7.97. The summed E-state index contributed by atoms with van der Waals surface area (Å²) in [6.07, 6.45) is 0.889. The predicted molar refractivity (Wildman–Crippen MR) is 102 cm³/mol. The van der Waals surface area contributed by atoms with Crippen LogP contribution in [-0.2, 0) is 27.8 Å². The second-order valence-corrected chi connectivity index (χ2v) is 8.34. The van der Waals surface area contributed by atoms with E-state index >= 15 is 0 Å². The van der Waals surface area contributed by atoms with Gasteiger partial charge in [0.1, 0.15) is 5.76 Å². The molecule has 0 saturated heterocycles. The highest BCUT2D eigenvalue weighted by Crippen LogP contribution is 2.23. The fraction of sp³-hybridized carbons (Fsp3) is 0.167. The number of carbonyl (C=O) groups excluding carboxylic acids is 1. The number of carbonyl (C=O) groups is 1. The number of nitrogens with one attached hydrogen (secondary N) is 1. The van der Waals surface area contributed by atoms with Crippen molar-refractivity contribution < 1.29 is 22.4 Å². The third-order valence-electron chi connectivity index (χ3n) is 3.78. The van der Waals surface area contributed by atoms with Crippen molar-refractivity contribution in [2.24, 2.45) is 0 Å². The van der Waals surface area contributed by atoms with E-state index in [1.54, 1.807) is 12.1 Å². The fourth-order valence-corrected chi connectivity index (χ4v) is 4.47. The van der Waals surface area contributed by atoms with Crippen molar-refractivity contribution in [1.82, 2.24) is 4.31 Å². The van der Waals surface area contributed by atoms with Crippen LogP contribution in [0.4, 0.5) is 10.5 Å². The molecule has 0 saturated carbocycles. The highest BCUT2D eigenvalue weighted by Gasteiger charge is 2.26. The van der Waals surface area contributed by atoms with Gasteiger partial charge in [0.15, 0.2) is 0 Å². The Morgan fingerprint density at radius 3 is 2.56 bits per heavy atom. The van der Waals surface area contributed by atoms with E-state index in [0.717, 1.165) is 5.56 Å². The monoisotopic (exact) mass is 406 g/mol. The number of ether oxygens (including phenoxy) is 1. The van der Waals surface area contributed by atoms with Crippen molar-refractivity contribution in [3.05, 3.63) is 70.8 Å². The zero-order valence-electron chi connectivity index (χ0n) is 14.5. The lowest BCUT2D eigenvalue weighted by molar-refractivity contribution is 0.187. The van der Waals surface area contributed by atoms with E-state index in [4.69, 9.17) is 4.42 Å². The van der Waals surface area contributed by atoms with Crippen molar-refractivity contribution in [1.29, 1.82) is 0 Å². The number of methoxy groups -OCH3 is 1. The van der Waals surface area contributed by atoms with Gasteiger partial charge in [0, 0.05) is 12.2 Å². The molecule has 1 aromatic carbocycles. The minimum atomic E-state index is -3.77. The van der Waals surface area contributed by atoms with Gasteiger partial charge < -0.3 is 9.15 Å². The molecule has 2 heterocycles. The van der Waals surface area contributed by atoms with Crippen LogP contribution in [0.3, 0.4) is 0 Å². The van der Waals surface area contributed by atoms with Crippen LogP contribution in [0.5, 0.6) is 0 Å². The molecule has 1 N–H and O–H groups in total. The molecule has 0 aliphatic heterocycles. The van der Waals surface area contributed by atoms with Gasteiger partial charge >= 0.3 is 6.09 Å². The summed E-state index contributed by atoms with van der Waals surface area (Å²) in [4.78, 5) is 11.4. The Morgan fingerprint density at radius 1 is 1.19 bits per heavy atom. The van der Waals surface area contributed by atoms with Gasteiger partial charge in [0.05, 0.1) is 24.8 Å². The van der Waals surface area contributed by atoms with Gasteiger partial charge in [-0.15, -0.1) is 0 Å². The summed E-state index contributed by atoms with van der Waals surface area (Å²) < 4.78 is 37.5. The largest absolute Gasteiger partial charge is 0.468 e. The van der Waals surface area contributed by atoms with Crippen LogP contribution in [0.25, 0.3) is 0 Å². The van der Waals surface area contributed by atoms with Gasteiger partial charge in [0.2, 0.25) is 10.0 Å². The molecule has 7 nitrogen and oxygen atoms in total. The van der Waals surface area contributed by atoms with E-state index in [9.17, 15) is 13.2 Å². The summed E-state index contributed by atoms with van der Waals surface area (Å²) in [5.41, 5.74) is 1.34. The molecular formula is C18H18N2O5S2. The van der Waals surface area contributed by atoms with Gasteiger partial charge in [-0.2, -0.15) is 15.6 Å². The maximum absolute atomic E-state index is 13.2. The lowest BCUT2D eigenvalue weighted by Gasteiger charge is -2.21. The van der Waals surface area contributed by atoms with E-state index in [0.29, 0.717) is 11.4 Å². The number of rotatable bonds is 7. The number of nitrogens with zero attached hydrogens (tertiary/aromatic N) is 1. The van der Waals surface area contributed by atoms with Gasteiger partial charge in [-0.1, -0.05) is 0 Å². The molecule has 2 aromatic heterocycles. The number of furan rings is 1. The summed E-state index contributed by atoms with van der Waals surface area (Å²) in [6.45, 7) is 0.349. The topological polar surface area (TPSA) is 88.8 Å². The maximum Gasteiger partial charge on any atom is 0.411 e. The first-order chi connectivity index (χ1) is 13.0. The summed E-state index contributed by atoms with van der Waals surface area (Å²) in [5, 5.41) is 6.30. The van der Waals surface area contributed by atoms with Gasteiger partial charge in [-0.25, -0.2) is 13.2 Å². The van der Waals surface area contributed by atoms with Crippen molar-refractivity contribution >= 4 is 33.1 Å². The van der Waals surface area contributed by atoms with Crippen LogP contribution in [-0.4, -0.2) is 25.9 Å². The van der Waals surface area contributed by atoms with Crippen LogP contribution >= 0.6 is 11.3 Å². The molecule has 0 fully saturated rings. The first-order valence-corrected chi connectivity index (χ1v) is 10.4. The fourth-order valence-electron chi connectivity index (χ4n) is 2.42. The van der Waals surface area contributed by atoms with E-state index < -0.39 is 16.1 Å². The molecule has 0 aliphatic carbocycles. The molecule has 0 radical (unpaired) electrons. The predicted octanol–water partition coefficient (Wildman–Crippen LogP) is 3.91. The number of anilines is 1. The lowest BCUT2D eigenvalue weighted by atomic mass is 10.3. The zero-order valence-corrected chi connectivity index (χ0v) is 16.1. The van der Waals surface area contributed by atoms with Crippen molar-refractivity contribution in [3.8, 4) is 0 Å². The van der Waals surface area contributed by atoms with E-state index in [2.05, 4.69) is 10.1 Å². The highest BCUT2D eigenvalue weighted by atomic mass is 32.2. The van der Waals surface area contributed by atoms with Crippen LogP contribution in [0.15, 0.2) is 68.8 Å². The third kappa shape index (κ3) is 4.76. The lowest BCUT2D eigenvalue weighted by Crippen LogP contribution is -2.30. The van der Waals surface area contributed by atoms with Gasteiger partial charge in [-0.05, 0) is 58.8 Å². The number of amides is 1. The van der Waals surface area contributed by atoms with Crippen molar-refractivity contribution in [3.63, 3.8) is 0 Å². The highest BCUT2D eigenvalue weighted by molar-refractivity contribution is 7.89. The van der Waals surface area contributed by atoms with Crippen LogP contribution in [0, 0.1) is 0 Å². The molecule has 0 bridgehead atoms. The Bertz CT molecular complexity index is 929. The molecule has 1 amide bonds. The number of hydrogen-bond acceptors (Lipinski definition) is 6. The Hall–Kier alpha value is -2.62. The average Bonchev–Trinajstić information content (AvgIpc) is 3.35. The zero-order chi connectivity index (χ0) is 19.3. The van der Waals surface area contributed by atoms with Crippen molar-refractivity contribution in [2.45, 2.75) is 18.0 Å². The molecule has 0 atom stereocenters. The Labute approximate surface area is 161 Å². The molecule has 0 spiro atoms. The summed E-state index contributed by atoms with van der Waals surface area (Å²) in [5.74, 6) is 0.554. The van der Waals surface area contributed by atoms with E-state index in [1.165, 1.54) is 53.3 Å². The number of benzene rings is 1. The summed E-state index contributed by atoms with van der Waals surface area (Å²) >= 11 is 1.51. The van der Waals surface area contributed by atoms with Gasteiger partial charge in [-0.3, -0.25) is 5.32 Å². The van der Waals surface area contributed by atoms with E-state index in [-0.39, 0.29) is 18.0 Å². The number of thiophene rings is 1. The van der Waals surface area contributed by atoms with Crippen molar-refractivity contribution in [2.75, 3.05) is 12.4 Å². The van der Waals surface area contributed by atoms with Gasteiger partial charge in [0.25, 0.3) is 0 Å². The molecular weight excluding hydrogens is 388 g/mol. The molecule has 142 valence electrons. The quantitative estimate of drug-likeness (QED) is 0.643. The minimum absolute atomic E-state index is 0.118. The maximum atomic E-state index is 13.2. The molecule has 3 rings (SSSR count). The molecule has 0 aliphatic rings. The third-order valence-corrected chi connectivity index (χ3v) is 6.31. The Morgan fingerprint density at radius 2 is 1.96 bits per heavy atom. The average molecular weight is 406 g/mol. The Kier molecular flexibility index (Phi) is 5.94. The molecule has 27 heavy (non-hydrogen) atoms. The first kappa shape index (κ1) is 19.2. The SMILES string of the molecule is COC(=O)Nc1ccc(S(=O)(=O)N(Cc2ccsc2)Cc2ccco2)cc1. The minimum Gasteiger partial charge on any atom is -0.468 e. The molecule has 0 unspecified atom stereocenters. The number of hydrogen-bond donors (Lipinski definition) is 1. The molecule has 3 aromatic rings. The summed E-state index contributed by atoms with van der Waals surface area (Å²) in [6, 6.07) is 11.3. The second kappa shape index (κ2) is 8.38. The Balaban J connectivity index is 1.86. The second-order valence-electron chi connectivity index (χ2n) is 5.63. The normalized spacial score (nSPS) is 11.5.